The van der Waals surface area contributed by atoms with Gasteiger partial charge in [-0.15, -0.1) is 0 Å². The summed E-state index contributed by atoms with van der Waals surface area (Å²) in [4.78, 5) is 0. The van der Waals surface area contributed by atoms with Gasteiger partial charge < -0.3 is 0 Å². The van der Waals surface area contributed by atoms with E-state index < -0.39 is 0 Å². The van der Waals surface area contributed by atoms with E-state index >= 15 is 0 Å². The molecule has 1 aromatic heterocycles. The first kappa shape index (κ1) is 14.0. The molecule has 0 bridgehead atoms. The molecule has 0 spiro atoms. The molecule has 0 fully saturated rings. The fraction of sp³-hybridized carbons (Fsp3) is 0.111. The lowest BCUT2D eigenvalue weighted by Gasteiger charge is -2.05. The zero-order valence-corrected chi connectivity index (χ0v) is 12.2. The van der Waals surface area contributed by atoms with Crippen LogP contribution in [-0.2, 0) is 12.8 Å². The molecule has 3 rings (SSSR count). The lowest BCUT2D eigenvalue weighted by Crippen LogP contribution is -1.94. The van der Waals surface area contributed by atoms with Gasteiger partial charge in [0.15, 0.2) is 0 Å². The number of thiophene rings is 1. The van der Waals surface area contributed by atoms with Crippen molar-refractivity contribution in [2.75, 3.05) is 0 Å². The molecule has 0 atom stereocenters. The summed E-state index contributed by atoms with van der Waals surface area (Å²) >= 11 is 1.66. The molecule has 0 saturated heterocycles. The Hall–Kier alpha value is -2.00. The van der Waals surface area contributed by atoms with Crippen LogP contribution in [0.1, 0.15) is 22.3 Å². The fourth-order valence-corrected chi connectivity index (χ4v) is 3.17. The molecule has 2 aromatic carbocycles. The quantitative estimate of drug-likeness (QED) is 0.620. The second-order valence-corrected chi connectivity index (χ2v) is 5.77. The molecule has 106 valence electrons. The van der Waals surface area contributed by atoms with Crippen molar-refractivity contribution in [3.05, 3.63) is 93.2 Å². The Morgan fingerprint density at radius 2 is 1.00 bits per heavy atom. The summed E-state index contributed by atoms with van der Waals surface area (Å²) in [6.45, 7) is 0. The van der Waals surface area contributed by atoms with Gasteiger partial charge in [-0.2, -0.15) is 11.3 Å². The van der Waals surface area contributed by atoms with E-state index in [4.69, 9.17) is 0 Å². The lowest BCUT2D eigenvalue weighted by molar-refractivity contribution is 0.626. The topological polar surface area (TPSA) is 0 Å². The molecule has 0 amide bonds. The van der Waals surface area contributed by atoms with Crippen LogP contribution in [0.15, 0.2) is 59.3 Å². The van der Waals surface area contributed by atoms with Gasteiger partial charge in [0.05, 0.1) is 0 Å². The van der Waals surface area contributed by atoms with Crippen LogP contribution in [0.25, 0.3) is 0 Å². The highest BCUT2D eigenvalue weighted by Crippen LogP contribution is 2.22. The summed E-state index contributed by atoms with van der Waals surface area (Å²) < 4.78 is 25.9. The zero-order valence-electron chi connectivity index (χ0n) is 11.4. The molecule has 0 saturated carbocycles. The monoisotopic (exact) mass is 300 g/mol. The minimum absolute atomic E-state index is 0.212. The predicted molar refractivity (Wildman–Crippen MR) is 82.7 cm³/mol. The van der Waals surface area contributed by atoms with Gasteiger partial charge in [-0.1, -0.05) is 24.3 Å². The third-order valence-electron chi connectivity index (χ3n) is 3.45. The highest BCUT2D eigenvalue weighted by atomic mass is 32.1. The van der Waals surface area contributed by atoms with Crippen molar-refractivity contribution in [2.24, 2.45) is 0 Å². The number of halogens is 2. The maximum Gasteiger partial charge on any atom is 0.123 e. The highest BCUT2D eigenvalue weighted by molar-refractivity contribution is 7.08. The first-order valence-electron chi connectivity index (χ1n) is 6.73. The van der Waals surface area contributed by atoms with Gasteiger partial charge in [-0.25, -0.2) is 8.78 Å². The van der Waals surface area contributed by atoms with Gasteiger partial charge in [0.25, 0.3) is 0 Å². The van der Waals surface area contributed by atoms with Gasteiger partial charge in [0.1, 0.15) is 11.6 Å². The van der Waals surface area contributed by atoms with Crippen molar-refractivity contribution in [1.82, 2.24) is 0 Å². The van der Waals surface area contributed by atoms with E-state index in [9.17, 15) is 8.78 Å². The van der Waals surface area contributed by atoms with E-state index in [-0.39, 0.29) is 11.6 Å². The normalized spacial score (nSPS) is 10.8. The van der Waals surface area contributed by atoms with Crippen LogP contribution in [0, 0.1) is 11.6 Å². The summed E-state index contributed by atoms with van der Waals surface area (Å²) in [7, 11) is 0. The summed E-state index contributed by atoms with van der Waals surface area (Å²) in [5.41, 5.74) is 4.68. The maximum atomic E-state index is 12.9. The number of rotatable bonds is 4. The molecule has 0 aliphatic rings. The molecule has 0 radical (unpaired) electrons. The second kappa shape index (κ2) is 6.19. The van der Waals surface area contributed by atoms with Crippen LogP contribution in [-0.4, -0.2) is 0 Å². The summed E-state index contributed by atoms with van der Waals surface area (Å²) in [6.07, 6.45) is 1.58. The van der Waals surface area contributed by atoms with Crippen LogP contribution in [0.4, 0.5) is 8.78 Å². The van der Waals surface area contributed by atoms with Crippen molar-refractivity contribution in [2.45, 2.75) is 12.8 Å². The van der Waals surface area contributed by atoms with Crippen LogP contribution in [0.3, 0.4) is 0 Å². The van der Waals surface area contributed by atoms with Crippen LogP contribution in [0.5, 0.6) is 0 Å². The summed E-state index contributed by atoms with van der Waals surface area (Å²) in [5, 5.41) is 4.25. The van der Waals surface area contributed by atoms with E-state index in [1.54, 1.807) is 11.3 Å². The third kappa shape index (κ3) is 3.56. The summed E-state index contributed by atoms with van der Waals surface area (Å²) in [6, 6.07) is 13.2. The molecular formula is C18H14F2S. The van der Waals surface area contributed by atoms with Crippen LogP contribution in [0.2, 0.25) is 0 Å². The Morgan fingerprint density at radius 3 is 1.38 bits per heavy atom. The van der Waals surface area contributed by atoms with Crippen molar-refractivity contribution in [3.8, 4) is 0 Å². The molecule has 3 aromatic rings. The average molecular weight is 300 g/mol. The number of hydrogen-bond acceptors (Lipinski definition) is 1. The Kier molecular flexibility index (Phi) is 4.11. The van der Waals surface area contributed by atoms with E-state index in [2.05, 4.69) is 10.8 Å². The average Bonchev–Trinajstić information content (AvgIpc) is 2.91. The van der Waals surface area contributed by atoms with E-state index in [1.165, 1.54) is 35.4 Å². The van der Waals surface area contributed by atoms with Crippen molar-refractivity contribution in [1.29, 1.82) is 0 Å². The smallest absolute Gasteiger partial charge is 0.123 e. The third-order valence-corrected chi connectivity index (χ3v) is 4.29. The molecule has 0 unspecified atom stereocenters. The van der Waals surface area contributed by atoms with Gasteiger partial charge in [-0.3, -0.25) is 0 Å². The largest absolute Gasteiger partial charge is 0.207 e. The molecule has 0 N–H and O–H groups in total. The molecule has 0 aliphatic heterocycles. The van der Waals surface area contributed by atoms with Crippen molar-refractivity contribution in [3.63, 3.8) is 0 Å². The number of hydrogen-bond donors (Lipinski definition) is 0. The first-order chi connectivity index (χ1) is 10.2. The first-order valence-corrected chi connectivity index (χ1v) is 7.68. The Bertz CT molecular complexity index is 650. The zero-order chi connectivity index (χ0) is 14.7. The SMILES string of the molecule is Fc1ccc(Cc2cscc2Cc2ccc(F)cc2)cc1. The van der Waals surface area contributed by atoms with Crippen molar-refractivity contribution >= 4 is 11.3 Å². The number of benzene rings is 2. The molecular weight excluding hydrogens is 286 g/mol. The van der Waals surface area contributed by atoms with E-state index in [1.807, 2.05) is 24.3 Å². The van der Waals surface area contributed by atoms with Gasteiger partial charge in [0.2, 0.25) is 0 Å². The molecule has 3 heteroatoms. The maximum absolute atomic E-state index is 12.9. The van der Waals surface area contributed by atoms with Crippen molar-refractivity contribution < 1.29 is 8.78 Å². The van der Waals surface area contributed by atoms with Gasteiger partial charge in [0, 0.05) is 0 Å². The van der Waals surface area contributed by atoms with Gasteiger partial charge in [-0.05, 0) is 70.1 Å². The second-order valence-electron chi connectivity index (χ2n) is 5.03. The van der Waals surface area contributed by atoms with Gasteiger partial charge >= 0.3 is 0 Å². The highest BCUT2D eigenvalue weighted by Gasteiger charge is 2.06. The van der Waals surface area contributed by atoms with Crippen LogP contribution >= 0.6 is 11.3 Å². The van der Waals surface area contributed by atoms with Crippen LogP contribution < -0.4 is 0 Å². The lowest BCUT2D eigenvalue weighted by atomic mass is 9.99. The summed E-state index contributed by atoms with van der Waals surface area (Å²) in [5.74, 6) is -0.425. The standard InChI is InChI=1S/C18H14F2S/c19-17-5-1-13(2-6-17)9-15-11-21-12-16(15)10-14-3-7-18(20)8-4-14/h1-8,11-12H,9-10H2. The Balaban J connectivity index is 1.77. The molecule has 0 nitrogen and oxygen atoms in total. The Labute approximate surface area is 126 Å². The van der Waals surface area contributed by atoms with E-state index in [0.29, 0.717) is 0 Å². The predicted octanol–water partition coefficient (Wildman–Crippen LogP) is 5.21. The minimum Gasteiger partial charge on any atom is -0.207 e. The molecule has 0 aliphatic carbocycles. The van der Waals surface area contributed by atoms with E-state index in [0.717, 1.165) is 24.0 Å². The molecule has 1 heterocycles. The molecule has 21 heavy (non-hydrogen) atoms. The Morgan fingerprint density at radius 1 is 0.619 bits per heavy atom. The minimum atomic E-state index is -0.212. The fourth-order valence-electron chi connectivity index (χ4n) is 2.30.